The molecule has 2 rings (SSSR count). The van der Waals surface area contributed by atoms with Crippen LogP contribution in [0.5, 0.6) is 5.75 Å². The molecular formula is C12H13BrN2O3. The predicted octanol–water partition coefficient (Wildman–Crippen LogP) is 1.63. The Bertz CT molecular complexity index is 504. The molecule has 1 aromatic carbocycles. The Balaban J connectivity index is 2.13. The van der Waals surface area contributed by atoms with Gasteiger partial charge in [-0.15, -0.1) is 0 Å². The zero-order valence-corrected chi connectivity index (χ0v) is 11.7. The fourth-order valence-electron chi connectivity index (χ4n) is 1.83. The van der Waals surface area contributed by atoms with Crippen LogP contribution in [0.25, 0.3) is 0 Å². The van der Waals surface area contributed by atoms with E-state index in [1.807, 2.05) is 6.07 Å². The van der Waals surface area contributed by atoms with Gasteiger partial charge in [0.2, 0.25) is 5.91 Å². The molecule has 5 nitrogen and oxygen atoms in total. The molecule has 2 amide bonds. The number of anilines is 1. The number of likely N-dealkylation sites (N-methyl/N-ethyl adjacent to an activating group) is 1. The van der Waals surface area contributed by atoms with Gasteiger partial charge < -0.3 is 10.1 Å². The van der Waals surface area contributed by atoms with Crippen LogP contribution in [0.15, 0.2) is 22.7 Å². The summed E-state index contributed by atoms with van der Waals surface area (Å²) in [5.74, 6) is 0.350. The zero-order chi connectivity index (χ0) is 13.3. The van der Waals surface area contributed by atoms with Crippen LogP contribution in [-0.2, 0) is 9.59 Å². The fourth-order valence-corrected chi connectivity index (χ4v) is 2.37. The van der Waals surface area contributed by atoms with Gasteiger partial charge in [0.15, 0.2) is 0 Å². The van der Waals surface area contributed by atoms with Crippen molar-refractivity contribution in [1.82, 2.24) is 4.90 Å². The Morgan fingerprint density at radius 1 is 1.44 bits per heavy atom. The third kappa shape index (κ3) is 2.33. The van der Waals surface area contributed by atoms with Crippen LogP contribution >= 0.6 is 15.9 Å². The smallest absolute Gasteiger partial charge is 0.251 e. The summed E-state index contributed by atoms with van der Waals surface area (Å²) in [6, 6.07) is 4.93. The molecule has 1 N–H and O–H groups in total. The molecule has 18 heavy (non-hydrogen) atoms. The van der Waals surface area contributed by atoms with Crippen LogP contribution in [0.4, 0.5) is 5.69 Å². The molecule has 96 valence electrons. The number of nitrogens with one attached hydrogen (secondary N) is 1. The van der Waals surface area contributed by atoms with E-state index in [0.717, 1.165) is 15.1 Å². The number of nitrogens with zero attached hydrogens (tertiary/aromatic N) is 1. The number of hydrogen-bond acceptors (Lipinski definition) is 4. The first-order chi connectivity index (χ1) is 8.52. The Kier molecular flexibility index (Phi) is 3.56. The molecule has 1 fully saturated rings. The van der Waals surface area contributed by atoms with Crippen molar-refractivity contribution in [1.29, 1.82) is 0 Å². The Hall–Kier alpha value is -1.56. The molecular weight excluding hydrogens is 300 g/mol. The zero-order valence-electron chi connectivity index (χ0n) is 10.1. The second-order valence-electron chi connectivity index (χ2n) is 4.04. The van der Waals surface area contributed by atoms with Gasteiger partial charge in [-0.05, 0) is 34.1 Å². The molecule has 0 spiro atoms. The standard InChI is InChI=1S/C12H13BrN2O3/c1-15-11(16)6-9(12(15)17)14-7-3-4-10(18-2)8(13)5-7/h3-5,9,14H,6H2,1-2H3. The average Bonchev–Trinajstić information content (AvgIpc) is 2.57. The molecule has 1 aliphatic rings. The van der Waals surface area contributed by atoms with Crippen LogP contribution in [0.1, 0.15) is 6.42 Å². The predicted molar refractivity (Wildman–Crippen MR) is 70.5 cm³/mol. The molecule has 0 aliphatic carbocycles. The van der Waals surface area contributed by atoms with Gasteiger partial charge in [-0.25, -0.2) is 0 Å². The number of amides is 2. The summed E-state index contributed by atoms with van der Waals surface area (Å²) in [5, 5.41) is 3.05. The quantitative estimate of drug-likeness (QED) is 0.862. The molecule has 0 aromatic heterocycles. The van der Waals surface area contributed by atoms with Crippen LogP contribution in [0.3, 0.4) is 0 Å². The van der Waals surface area contributed by atoms with Crippen molar-refractivity contribution in [3.63, 3.8) is 0 Å². The summed E-state index contributed by atoms with van der Waals surface area (Å²) in [6.45, 7) is 0. The van der Waals surface area contributed by atoms with E-state index in [-0.39, 0.29) is 18.2 Å². The molecule has 1 unspecified atom stereocenters. The Labute approximate surface area is 113 Å². The molecule has 1 atom stereocenters. The Morgan fingerprint density at radius 2 is 2.17 bits per heavy atom. The van der Waals surface area contributed by atoms with E-state index in [1.54, 1.807) is 19.2 Å². The SMILES string of the molecule is COc1ccc(NC2CC(=O)N(C)C2=O)cc1Br. The van der Waals surface area contributed by atoms with Gasteiger partial charge in [-0.1, -0.05) is 0 Å². The van der Waals surface area contributed by atoms with E-state index < -0.39 is 6.04 Å². The van der Waals surface area contributed by atoms with E-state index in [9.17, 15) is 9.59 Å². The van der Waals surface area contributed by atoms with E-state index in [1.165, 1.54) is 7.05 Å². The molecule has 0 bridgehead atoms. The highest BCUT2D eigenvalue weighted by atomic mass is 79.9. The first-order valence-electron chi connectivity index (χ1n) is 5.43. The monoisotopic (exact) mass is 312 g/mol. The number of carbonyl (C=O) groups is 2. The lowest BCUT2D eigenvalue weighted by Gasteiger charge is -2.13. The van der Waals surface area contributed by atoms with Gasteiger partial charge >= 0.3 is 0 Å². The van der Waals surface area contributed by atoms with Gasteiger partial charge in [0.25, 0.3) is 5.91 Å². The van der Waals surface area contributed by atoms with Crippen LogP contribution in [0.2, 0.25) is 0 Å². The van der Waals surface area contributed by atoms with Crippen molar-refractivity contribution < 1.29 is 14.3 Å². The third-order valence-corrected chi connectivity index (χ3v) is 3.49. The van der Waals surface area contributed by atoms with Gasteiger partial charge in [-0.3, -0.25) is 14.5 Å². The van der Waals surface area contributed by atoms with E-state index in [2.05, 4.69) is 21.2 Å². The number of carbonyl (C=O) groups excluding carboxylic acids is 2. The number of hydrogen-bond donors (Lipinski definition) is 1. The van der Waals surface area contributed by atoms with E-state index in [0.29, 0.717) is 5.75 Å². The normalized spacial score (nSPS) is 19.3. The molecule has 0 radical (unpaired) electrons. The maximum Gasteiger partial charge on any atom is 0.251 e. The highest BCUT2D eigenvalue weighted by Gasteiger charge is 2.35. The van der Waals surface area contributed by atoms with E-state index >= 15 is 0 Å². The second-order valence-corrected chi connectivity index (χ2v) is 4.90. The summed E-state index contributed by atoms with van der Waals surface area (Å²) in [5.41, 5.74) is 0.768. The highest BCUT2D eigenvalue weighted by Crippen LogP contribution is 2.28. The maximum absolute atomic E-state index is 11.7. The van der Waals surface area contributed by atoms with Gasteiger partial charge in [-0.2, -0.15) is 0 Å². The minimum absolute atomic E-state index is 0.162. The average molecular weight is 313 g/mol. The minimum atomic E-state index is -0.484. The molecule has 1 heterocycles. The first kappa shape index (κ1) is 12.9. The topological polar surface area (TPSA) is 58.6 Å². The molecule has 1 aromatic rings. The van der Waals surface area contributed by atoms with E-state index in [4.69, 9.17) is 4.74 Å². The lowest BCUT2D eigenvalue weighted by Crippen LogP contribution is -2.31. The van der Waals surface area contributed by atoms with Crippen LogP contribution < -0.4 is 10.1 Å². The van der Waals surface area contributed by atoms with Crippen molar-refractivity contribution in [2.24, 2.45) is 0 Å². The lowest BCUT2D eigenvalue weighted by molar-refractivity contribution is -0.136. The maximum atomic E-state index is 11.7. The minimum Gasteiger partial charge on any atom is -0.496 e. The first-order valence-corrected chi connectivity index (χ1v) is 6.22. The number of benzene rings is 1. The van der Waals surface area contributed by atoms with Crippen molar-refractivity contribution in [3.05, 3.63) is 22.7 Å². The van der Waals surface area contributed by atoms with Crippen LogP contribution in [0, 0.1) is 0 Å². The van der Waals surface area contributed by atoms with Crippen LogP contribution in [-0.4, -0.2) is 36.9 Å². The Morgan fingerprint density at radius 3 is 2.67 bits per heavy atom. The largest absolute Gasteiger partial charge is 0.496 e. The summed E-state index contributed by atoms with van der Waals surface area (Å²) in [7, 11) is 3.08. The summed E-state index contributed by atoms with van der Waals surface area (Å²) in [4.78, 5) is 24.3. The van der Waals surface area contributed by atoms with Crippen molar-refractivity contribution in [2.75, 3.05) is 19.5 Å². The number of methoxy groups -OCH3 is 1. The molecule has 6 heteroatoms. The summed E-state index contributed by atoms with van der Waals surface area (Å²) >= 11 is 3.37. The van der Waals surface area contributed by atoms with Crippen molar-refractivity contribution in [2.45, 2.75) is 12.5 Å². The summed E-state index contributed by atoms with van der Waals surface area (Å²) < 4.78 is 5.91. The van der Waals surface area contributed by atoms with Gasteiger partial charge in [0.1, 0.15) is 11.8 Å². The van der Waals surface area contributed by atoms with Gasteiger partial charge in [0.05, 0.1) is 18.0 Å². The molecule has 1 aliphatic heterocycles. The number of halogens is 1. The number of imide groups is 1. The number of likely N-dealkylation sites (tertiary alicyclic amines) is 1. The van der Waals surface area contributed by atoms with Gasteiger partial charge in [0, 0.05) is 12.7 Å². The third-order valence-electron chi connectivity index (χ3n) is 2.87. The van der Waals surface area contributed by atoms with Crippen molar-refractivity contribution >= 4 is 33.4 Å². The summed E-state index contributed by atoms with van der Waals surface area (Å²) in [6.07, 6.45) is 0.193. The number of ether oxygens (including phenoxy) is 1. The van der Waals surface area contributed by atoms with Crippen molar-refractivity contribution in [3.8, 4) is 5.75 Å². The second kappa shape index (κ2) is 4.97. The number of rotatable bonds is 3. The molecule has 0 saturated carbocycles. The molecule has 1 saturated heterocycles. The lowest BCUT2D eigenvalue weighted by atomic mass is 10.2. The fraction of sp³-hybridized carbons (Fsp3) is 0.333. The highest BCUT2D eigenvalue weighted by molar-refractivity contribution is 9.10.